The molecular weight excluding hydrogens is 568 g/mol. The topological polar surface area (TPSA) is 132 Å². The largest absolute Gasteiger partial charge is 0.491 e. The third-order valence-corrected chi connectivity index (χ3v) is 10.1. The molecule has 0 aliphatic carbocycles. The lowest BCUT2D eigenvalue weighted by Crippen LogP contribution is -2.47. The SMILES string of the molecule is O=C(O)c1c(S(=O)(=O)N2CCOC(COc3ccccc3)C2)c2cc(Cl)ccc2n1S(=O)(=O)c1ccccc1. The van der Waals surface area contributed by atoms with E-state index in [1.165, 1.54) is 42.5 Å². The Morgan fingerprint density at radius 2 is 1.64 bits per heavy atom. The normalized spacial score (nSPS) is 16.8. The van der Waals surface area contributed by atoms with E-state index >= 15 is 0 Å². The van der Waals surface area contributed by atoms with Crippen molar-refractivity contribution >= 4 is 48.5 Å². The molecule has 1 atom stereocenters. The van der Waals surface area contributed by atoms with E-state index in [2.05, 4.69) is 0 Å². The van der Waals surface area contributed by atoms with Crippen LogP contribution in [0.3, 0.4) is 0 Å². The van der Waals surface area contributed by atoms with Gasteiger partial charge in [-0.1, -0.05) is 48.0 Å². The molecule has 204 valence electrons. The number of halogens is 1. The number of ether oxygens (including phenoxy) is 2. The summed E-state index contributed by atoms with van der Waals surface area (Å²) < 4.78 is 68.5. The molecular formula is C26H23ClN2O8S2. The second-order valence-corrected chi connectivity index (χ2v) is 12.8. The number of carboxylic acid groups (broad SMARTS) is 1. The minimum Gasteiger partial charge on any atom is -0.491 e. The molecule has 1 N–H and O–H groups in total. The van der Waals surface area contributed by atoms with Crippen molar-refractivity contribution < 1.29 is 36.2 Å². The van der Waals surface area contributed by atoms with Crippen LogP contribution in [0.5, 0.6) is 5.75 Å². The summed E-state index contributed by atoms with van der Waals surface area (Å²) in [6.45, 7) is -0.112. The smallest absolute Gasteiger partial charge is 0.355 e. The Hall–Kier alpha value is -3.42. The maximum atomic E-state index is 14.0. The Bertz CT molecular complexity index is 1740. The molecule has 0 spiro atoms. The van der Waals surface area contributed by atoms with Gasteiger partial charge in [0.1, 0.15) is 23.4 Å². The number of aromatic carboxylic acids is 1. The molecule has 1 aliphatic heterocycles. The van der Waals surface area contributed by atoms with Gasteiger partial charge in [0.05, 0.1) is 17.0 Å². The van der Waals surface area contributed by atoms with Gasteiger partial charge in [-0.2, -0.15) is 4.31 Å². The van der Waals surface area contributed by atoms with Gasteiger partial charge in [0, 0.05) is 23.5 Å². The lowest BCUT2D eigenvalue weighted by Gasteiger charge is -2.32. The zero-order valence-corrected chi connectivity index (χ0v) is 22.7. The van der Waals surface area contributed by atoms with Crippen molar-refractivity contribution in [3.05, 3.63) is 89.6 Å². The quantitative estimate of drug-likeness (QED) is 0.328. The fourth-order valence-electron chi connectivity index (χ4n) is 4.45. The van der Waals surface area contributed by atoms with Crippen LogP contribution in [0, 0.1) is 0 Å². The van der Waals surface area contributed by atoms with E-state index < -0.39 is 42.7 Å². The van der Waals surface area contributed by atoms with Gasteiger partial charge < -0.3 is 14.6 Å². The summed E-state index contributed by atoms with van der Waals surface area (Å²) in [7, 11) is -9.05. The van der Waals surface area contributed by atoms with Gasteiger partial charge in [0.25, 0.3) is 10.0 Å². The first-order valence-electron chi connectivity index (χ1n) is 11.8. The zero-order valence-electron chi connectivity index (χ0n) is 20.3. The third kappa shape index (κ3) is 5.13. The Morgan fingerprint density at radius 1 is 0.974 bits per heavy atom. The van der Waals surface area contributed by atoms with E-state index in [4.69, 9.17) is 21.1 Å². The number of carboxylic acids is 1. The zero-order chi connectivity index (χ0) is 27.8. The van der Waals surface area contributed by atoms with Crippen molar-refractivity contribution in [2.45, 2.75) is 15.9 Å². The van der Waals surface area contributed by atoms with Crippen molar-refractivity contribution in [1.82, 2.24) is 8.28 Å². The number of hydrogen-bond acceptors (Lipinski definition) is 7. The first kappa shape index (κ1) is 27.2. The Labute approximate surface area is 230 Å². The lowest BCUT2D eigenvalue weighted by atomic mass is 10.2. The number of nitrogens with zero attached hydrogens (tertiary/aromatic N) is 2. The Kier molecular flexibility index (Phi) is 7.40. The van der Waals surface area contributed by atoms with Crippen molar-refractivity contribution in [3.8, 4) is 5.75 Å². The molecule has 1 aromatic heterocycles. The van der Waals surface area contributed by atoms with Crippen LogP contribution in [0.4, 0.5) is 0 Å². The number of benzene rings is 3. The monoisotopic (exact) mass is 590 g/mol. The highest BCUT2D eigenvalue weighted by atomic mass is 35.5. The van der Waals surface area contributed by atoms with E-state index in [1.807, 2.05) is 6.07 Å². The number of morpholine rings is 1. The van der Waals surface area contributed by atoms with E-state index in [9.17, 15) is 26.7 Å². The molecule has 1 saturated heterocycles. The fraction of sp³-hybridized carbons (Fsp3) is 0.192. The molecule has 10 nitrogen and oxygen atoms in total. The van der Waals surface area contributed by atoms with Crippen molar-refractivity contribution in [2.24, 2.45) is 0 Å². The maximum absolute atomic E-state index is 14.0. The number of carbonyl (C=O) groups is 1. The van der Waals surface area contributed by atoms with E-state index in [0.717, 1.165) is 4.31 Å². The molecule has 2 heterocycles. The maximum Gasteiger partial charge on any atom is 0.355 e. The van der Waals surface area contributed by atoms with Gasteiger partial charge in [-0.05, 0) is 42.5 Å². The van der Waals surface area contributed by atoms with Crippen LogP contribution in [-0.4, -0.2) is 68.6 Å². The number of fused-ring (bicyclic) bond motifs is 1. The molecule has 0 saturated carbocycles. The van der Waals surface area contributed by atoms with Gasteiger partial charge in [-0.3, -0.25) is 0 Å². The first-order valence-corrected chi connectivity index (χ1v) is 15.0. The standard InChI is InChI=1S/C26H23ClN2O8S2/c27-18-11-12-23-22(15-18)25(24(26(30)31)29(23)38(32,33)21-9-5-2-6-10-21)39(34,35)28-13-14-36-20(16-28)17-37-19-7-3-1-4-8-19/h1-12,15,20H,13-14,16-17H2,(H,30,31). The molecule has 1 aliphatic rings. The predicted octanol–water partition coefficient (Wildman–Crippen LogP) is 3.70. The predicted molar refractivity (Wildman–Crippen MR) is 143 cm³/mol. The first-order chi connectivity index (χ1) is 18.6. The lowest BCUT2D eigenvalue weighted by molar-refractivity contribution is -0.0249. The summed E-state index contributed by atoms with van der Waals surface area (Å²) in [6.07, 6.45) is -0.646. The number of para-hydroxylation sites is 1. The number of rotatable bonds is 8. The number of hydrogen-bond donors (Lipinski definition) is 1. The molecule has 1 fully saturated rings. The van der Waals surface area contributed by atoms with Crippen LogP contribution in [0.2, 0.25) is 5.02 Å². The molecule has 1 unspecified atom stereocenters. The van der Waals surface area contributed by atoms with Crippen LogP contribution >= 0.6 is 11.6 Å². The average Bonchev–Trinajstić information content (AvgIpc) is 3.29. The van der Waals surface area contributed by atoms with Crippen LogP contribution < -0.4 is 4.74 Å². The van der Waals surface area contributed by atoms with Gasteiger partial charge >= 0.3 is 5.97 Å². The van der Waals surface area contributed by atoms with Crippen LogP contribution in [0.25, 0.3) is 10.9 Å². The van der Waals surface area contributed by atoms with Gasteiger partial charge in [-0.25, -0.2) is 25.6 Å². The van der Waals surface area contributed by atoms with Crippen molar-refractivity contribution in [1.29, 1.82) is 0 Å². The summed E-state index contributed by atoms with van der Waals surface area (Å²) in [4.78, 5) is 11.7. The molecule has 4 aromatic rings. The highest BCUT2D eigenvalue weighted by Crippen LogP contribution is 2.37. The molecule has 0 radical (unpaired) electrons. The minimum absolute atomic E-state index is 0.0339. The molecule has 39 heavy (non-hydrogen) atoms. The second kappa shape index (κ2) is 10.6. The molecule has 0 bridgehead atoms. The second-order valence-electron chi connectivity index (χ2n) is 8.71. The highest BCUT2D eigenvalue weighted by Gasteiger charge is 2.40. The number of sulfonamides is 1. The minimum atomic E-state index is -4.55. The van der Waals surface area contributed by atoms with E-state index in [1.54, 1.807) is 30.3 Å². The van der Waals surface area contributed by atoms with Crippen LogP contribution in [0.1, 0.15) is 10.5 Å². The van der Waals surface area contributed by atoms with E-state index in [0.29, 0.717) is 9.72 Å². The van der Waals surface area contributed by atoms with Crippen LogP contribution in [-0.2, 0) is 24.8 Å². The molecule has 13 heteroatoms. The van der Waals surface area contributed by atoms with E-state index in [-0.39, 0.29) is 47.1 Å². The summed E-state index contributed by atoms with van der Waals surface area (Å²) in [5.74, 6) is -1.14. The summed E-state index contributed by atoms with van der Waals surface area (Å²) in [5, 5.41) is 10.2. The Morgan fingerprint density at radius 3 is 2.31 bits per heavy atom. The summed E-state index contributed by atoms with van der Waals surface area (Å²) in [5.41, 5.74) is -1.03. The van der Waals surface area contributed by atoms with Crippen LogP contribution in [0.15, 0.2) is 88.7 Å². The van der Waals surface area contributed by atoms with Crippen molar-refractivity contribution in [2.75, 3.05) is 26.3 Å². The summed E-state index contributed by atoms with van der Waals surface area (Å²) >= 11 is 6.17. The molecule has 0 amide bonds. The molecule has 5 rings (SSSR count). The Balaban J connectivity index is 1.61. The molecule has 3 aromatic carbocycles. The number of aromatic nitrogens is 1. The van der Waals surface area contributed by atoms with Crippen molar-refractivity contribution in [3.63, 3.8) is 0 Å². The third-order valence-electron chi connectivity index (χ3n) is 6.20. The van der Waals surface area contributed by atoms with Gasteiger partial charge in [0.15, 0.2) is 5.69 Å². The average molecular weight is 591 g/mol. The van der Waals surface area contributed by atoms with Gasteiger partial charge in [0.2, 0.25) is 10.0 Å². The fourth-order valence-corrected chi connectivity index (χ4v) is 8.02. The summed E-state index contributed by atoms with van der Waals surface area (Å²) in [6, 6.07) is 20.0. The van der Waals surface area contributed by atoms with Gasteiger partial charge in [-0.15, -0.1) is 0 Å². The highest BCUT2D eigenvalue weighted by molar-refractivity contribution is 7.91.